The normalized spacial score (nSPS) is 12.3. The van der Waals surface area contributed by atoms with Crippen molar-refractivity contribution >= 4 is 98.0 Å². The van der Waals surface area contributed by atoms with E-state index < -0.39 is 0 Å². The van der Waals surface area contributed by atoms with Crippen LogP contribution < -0.4 is 0 Å². The summed E-state index contributed by atoms with van der Waals surface area (Å²) in [6, 6.07) is 65.0. The van der Waals surface area contributed by atoms with E-state index in [1.54, 1.807) is 0 Å². The lowest BCUT2D eigenvalue weighted by Crippen LogP contribution is -1.94. The Morgan fingerprint density at radius 3 is 1.24 bits per heavy atom. The highest BCUT2D eigenvalue weighted by Gasteiger charge is 2.19. The van der Waals surface area contributed by atoms with Crippen LogP contribution in [0.25, 0.3) is 104 Å². The lowest BCUT2D eigenvalue weighted by atomic mass is 10.0. The third-order valence-corrected chi connectivity index (χ3v) is 11.2. The summed E-state index contributed by atoms with van der Waals surface area (Å²) >= 11 is 0. The standard InChI is InChI=1S/C48H29N3/c1-2-14-32-31(13-1)33-15-3-9-24-43(33)50-44-25-10-6-18-36(44)38-21-12-26-46(48(38)50)51-45-28-27-30(29-40(45)39-20-11-19-37(32)47(39)51)49-41-22-7-4-16-34(41)35-17-5-8-23-42(35)49/h1-29H. The Bertz CT molecular complexity index is 3430. The van der Waals surface area contributed by atoms with Crippen LogP contribution in [0.3, 0.4) is 0 Å². The Labute approximate surface area is 292 Å². The zero-order valence-electron chi connectivity index (χ0n) is 27.6. The van der Waals surface area contributed by atoms with Gasteiger partial charge < -0.3 is 13.4 Å². The maximum absolute atomic E-state index is 2.54. The molecule has 12 rings (SSSR count). The Balaban J connectivity index is 1.38. The molecule has 4 heterocycles. The molecule has 0 amide bonds. The van der Waals surface area contributed by atoms with Gasteiger partial charge in [0, 0.05) is 48.8 Å². The van der Waals surface area contributed by atoms with Crippen LogP contribution >= 0.6 is 0 Å². The molecule has 8 aromatic carbocycles. The van der Waals surface area contributed by atoms with E-state index in [1.807, 2.05) is 0 Å². The summed E-state index contributed by atoms with van der Waals surface area (Å²) in [4.78, 5) is 0. The van der Waals surface area contributed by atoms with E-state index in [2.05, 4.69) is 189 Å². The average molecular weight is 648 g/mol. The van der Waals surface area contributed by atoms with Gasteiger partial charge in [-0.25, -0.2) is 0 Å². The second kappa shape index (κ2) is 9.87. The maximum Gasteiger partial charge on any atom is 0.0782 e. The van der Waals surface area contributed by atoms with Crippen LogP contribution in [-0.2, 0) is 0 Å². The molecule has 3 heteroatoms. The van der Waals surface area contributed by atoms with Gasteiger partial charge in [0.25, 0.3) is 0 Å². The minimum atomic E-state index is 1.16. The SMILES string of the molecule is c1ccc2c(c1)c1ccccc1n1c3ccccc3c3cccc(c31)n1c3ccc(-n4c5ccccc5c5ccccc54)cc3c3cccc2c31. The average Bonchev–Trinajstić information content (AvgIpc) is 3.83. The van der Waals surface area contributed by atoms with Gasteiger partial charge in [0.2, 0.25) is 0 Å². The van der Waals surface area contributed by atoms with Crippen LogP contribution in [0.5, 0.6) is 0 Å². The Morgan fingerprint density at radius 2 is 0.608 bits per heavy atom. The molecule has 236 valence electrons. The van der Waals surface area contributed by atoms with Gasteiger partial charge in [0.05, 0.1) is 44.1 Å². The molecule has 0 aliphatic carbocycles. The lowest BCUT2D eigenvalue weighted by Gasteiger charge is -2.10. The number of benzene rings is 8. The lowest BCUT2D eigenvalue weighted by molar-refractivity contribution is 1.18. The van der Waals surface area contributed by atoms with E-state index in [1.165, 1.54) is 98.0 Å². The first-order valence-electron chi connectivity index (χ1n) is 17.6. The largest absolute Gasteiger partial charge is 0.309 e. The molecule has 0 atom stereocenters. The highest BCUT2D eigenvalue weighted by molar-refractivity contribution is 6.24. The minimum Gasteiger partial charge on any atom is -0.309 e. The van der Waals surface area contributed by atoms with Crippen LogP contribution in [0.15, 0.2) is 176 Å². The van der Waals surface area contributed by atoms with Gasteiger partial charge in [-0.2, -0.15) is 0 Å². The number of nitrogens with zero attached hydrogens (tertiary/aromatic N) is 3. The smallest absolute Gasteiger partial charge is 0.0782 e. The fourth-order valence-electron chi connectivity index (χ4n) is 9.14. The van der Waals surface area contributed by atoms with Crippen LogP contribution in [-0.4, -0.2) is 13.4 Å². The monoisotopic (exact) mass is 647 g/mol. The van der Waals surface area contributed by atoms with Crippen molar-refractivity contribution in [1.29, 1.82) is 0 Å². The highest BCUT2D eigenvalue weighted by Crippen LogP contribution is 2.41. The number of aromatic nitrogens is 3. The molecule has 0 bridgehead atoms. The first kappa shape index (κ1) is 27.0. The molecule has 0 aliphatic rings. The molecule has 0 saturated carbocycles. The van der Waals surface area contributed by atoms with Crippen LogP contribution in [0, 0.1) is 0 Å². The number of hydrogen-bond donors (Lipinski definition) is 0. The third kappa shape index (κ3) is 3.47. The first-order valence-corrected chi connectivity index (χ1v) is 17.6. The van der Waals surface area contributed by atoms with Crippen LogP contribution in [0.2, 0.25) is 0 Å². The molecule has 0 fully saturated rings. The van der Waals surface area contributed by atoms with Gasteiger partial charge in [0.15, 0.2) is 0 Å². The summed E-state index contributed by atoms with van der Waals surface area (Å²) in [5.41, 5.74) is 10.8. The fraction of sp³-hybridized carbons (Fsp3) is 0. The van der Waals surface area contributed by atoms with Crippen molar-refractivity contribution in [1.82, 2.24) is 13.4 Å². The van der Waals surface area contributed by atoms with Gasteiger partial charge >= 0.3 is 0 Å². The fourth-order valence-corrected chi connectivity index (χ4v) is 9.14. The summed E-state index contributed by atoms with van der Waals surface area (Å²) in [6.07, 6.45) is 0. The molecule has 12 aromatic rings. The summed E-state index contributed by atoms with van der Waals surface area (Å²) in [5.74, 6) is 0. The van der Waals surface area contributed by atoms with Crippen molar-refractivity contribution in [3.05, 3.63) is 176 Å². The Hall–Kier alpha value is -6.84. The summed E-state index contributed by atoms with van der Waals surface area (Å²) in [5, 5.41) is 12.4. The van der Waals surface area contributed by atoms with Gasteiger partial charge in [-0.1, -0.05) is 127 Å². The Morgan fingerprint density at radius 1 is 0.235 bits per heavy atom. The predicted molar refractivity (Wildman–Crippen MR) is 217 cm³/mol. The number of para-hydroxylation sites is 6. The van der Waals surface area contributed by atoms with Crippen molar-refractivity contribution in [2.24, 2.45) is 0 Å². The molecule has 51 heavy (non-hydrogen) atoms. The molecule has 0 aliphatic heterocycles. The molecule has 0 unspecified atom stereocenters. The molecule has 0 saturated heterocycles. The summed E-state index contributed by atoms with van der Waals surface area (Å²) < 4.78 is 7.47. The summed E-state index contributed by atoms with van der Waals surface area (Å²) in [6.45, 7) is 0. The van der Waals surface area contributed by atoms with Crippen LogP contribution in [0.1, 0.15) is 0 Å². The van der Waals surface area contributed by atoms with Gasteiger partial charge in [0.1, 0.15) is 0 Å². The zero-order valence-corrected chi connectivity index (χ0v) is 27.6. The molecule has 0 spiro atoms. The molecular weight excluding hydrogens is 619 g/mol. The van der Waals surface area contributed by atoms with E-state index in [9.17, 15) is 0 Å². The molecule has 0 N–H and O–H groups in total. The van der Waals surface area contributed by atoms with Crippen molar-refractivity contribution in [3.63, 3.8) is 0 Å². The number of rotatable bonds is 1. The van der Waals surface area contributed by atoms with Gasteiger partial charge in [-0.3, -0.25) is 0 Å². The molecule has 0 radical (unpaired) electrons. The highest BCUT2D eigenvalue weighted by atomic mass is 15.0. The van der Waals surface area contributed by atoms with E-state index in [0.717, 1.165) is 5.69 Å². The van der Waals surface area contributed by atoms with Crippen molar-refractivity contribution in [3.8, 4) is 5.69 Å². The van der Waals surface area contributed by atoms with E-state index in [-0.39, 0.29) is 0 Å². The zero-order chi connectivity index (χ0) is 33.2. The third-order valence-electron chi connectivity index (χ3n) is 11.2. The number of fused-ring (bicyclic) bond motifs is 15. The maximum atomic E-state index is 2.54. The Kier molecular flexibility index (Phi) is 5.23. The molecule has 4 aromatic heterocycles. The predicted octanol–water partition coefficient (Wildman–Crippen LogP) is 12.8. The minimum absolute atomic E-state index is 1.16. The quantitative estimate of drug-likeness (QED) is 0.168. The van der Waals surface area contributed by atoms with Crippen LogP contribution in [0.4, 0.5) is 0 Å². The van der Waals surface area contributed by atoms with E-state index in [0.29, 0.717) is 0 Å². The molecular formula is C48H29N3. The van der Waals surface area contributed by atoms with E-state index >= 15 is 0 Å². The van der Waals surface area contributed by atoms with Gasteiger partial charge in [-0.15, -0.1) is 0 Å². The van der Waals surface area contributed by atoms with Crippen molar-refractivity contribution in [2.75, 3.05) is 0 Å². The van der Waals surface area contributed by atoms with Gasteiger partial charge in [-0.05, 0) is 59.3 Å². The molecule has 3 nitrogen and oxygen atoms in total. The van der Waals surface area contributed by atoms with E-state index in [4.69, 9.17) is 0 Å². The van der Waals surface area contributed by atoms with Crippen molar-refractivity contribution < 1.29 is 0 Å². The topological polar surface area (TPSA) is 13.8 Å². The first-order chi connectivity index (χ1) is 25.3. The second-order valence-electron chi connectivity index (χ2n) is 13.7. The number of hydrogen-bond acceptors (Lipinski definition) is 0. The van der Waals surface area contributed by atoms with Crippen molar-refractivity contribution in [2.45, 2.75) is 0 Å². The second-order valence-corrected chi connectivity index (χ2v) is 13.7. The summed E-state index contributed by atoms with van der Waals surface area (Å²) in [7, 11) is 0.